The summed E-state index contributed by atoms with van der Waals surface area (Å²) in [6.45, 7) is 4.59. The molecular weight excluding hydrogens is 290 g/mol. The van der Waals surface area contributed by atoms with Crippen LogP contribution in [0.5, 0.6) is 0 Å². The lowest BCUT2D eigenvalue weighted by Gasteiger charge is -2.39. The van der Waals surface area contributed by atoms with E-state index in [1.165, 1.54) is 4.31 Å². The number of sulfonamides is 1. The molecule has 1 aromatic carbocycles. The number of hydrogen-bond donors (Lipinski definition) is 0. The fourth-order valence-corrected chi connectivity index (χ4v) is 4.43. The largest absolute Gasteiger partial charge is 0.353 e. The number of nitrogens with zero attached hydrogens (tertiary/aromatic N) is 1. The quantitative estimate of drug-likeness (QED) is 0.799. The number of methoxy groups -OCH3 is 2. The molecule has 2 rings (SSSR count). The standard InChI is InChI=1S/C15H23NO4S/c1-12-5-6-14(13(2)11-12)21(17,18)16-9-7-15(19-3,20-4)8-10-16/h5-6,11H,7-10H2,1-4H3. The third-order valence-electron chi connectivity index (χ3n) is 4.18. The van der Waals surface area contributed by atoms with E-state index in [2.05, 4.69) is 0 Å². The summed E-state index contributed by atoms with van der Waals surface area (Å²) in [7, 11) is -0.264. The molecule has 1 heterocycles. The van der Waals surface area contributed by atoms with Crippen molar-refractivity contribution in [2.45, 2.75) is 37.4 Å². The van der Waals surface area contributed by atoms with E-state index in [1.807, 2.05) is 26.0 Å². The Kier molecular flexibility index (Phi) is 4.72. The van der Waals surface area contributed by atoms with E-state index < -0.39 is 15.8 Å². The zero-order valence-electron chi connectivity index (χ0n) is 13.0. The molecule has 0 radical (unpaired) electrons. The molecule has 0 N–H and O–H groups in total. The minimum Gasteiger partial charge on any atom is -0.353 e. The molecule has 0 bridgehead atoms. The molecule has 1 aliphatic heterocycles. The van der Waals surface area contributed by atoms with Crippen molar-refractivity contribution < 1.29 is 17.9 Å². The first-order chi connectivity index (χ1) is 9.84. The van der Waals surface area contributed by atoms with E-state index in [4.69, 9.17) is 9.47 Å². The van der Waals surface area contributed by atoms with E-state index in [0.717, 1.165) is 11.1 Å². The Bertz CT molecular complexity index is 598. The van der Waals surface area contributed by atoms with Crippen LogP contribution in [0.1, 0.15) is 24.0 Å². The van der Waals surface area contributed by atoms with Gasteiger partial charge < -0.3 is 9.47 Å². The van der Waals surface area contributed by atoms with E-state index in [1.54, 1.807) is 20.3 Å². The fourth-order valence-electron chi connectivity index (χ4n) is 2.79. The average molecular weight is 313 g/mol. The summed E-state index contributed by atoms with van der Waals surface area (Å²) < 4.78 is 37.8. The molecule has 5 nitrogen and oxygen atoms in total. The Hall–Kier alpha value is -0.950. The Morgan fingerprint density at radius 3 is 2.14 bits per heavy atom. The Morgan fingerprint density at radius 2 is 1.67 bits per heavy atom. The van der Waals surface area contributed by atoms with Crippen molar-refractivity contribution in [2.75, 3.05) is 27.3 Å². The van der Waals surface area contributed by atoms with Gasteiger partial charge >= 0.3 is 0 Å². The zero-order chi connectivity index (χ0) is 15.7. The first kappa shape index (κ1) is 16.4. The summed E-state index contributed by atoms with van der Waals surface area (Å²) in [5.41, 5.74) is 1.84. The van der Waals surface area contributed by atoms with Crippen molar-refractivity contribution in [1.29, 1.82) is 0 Å². The van der Waals surface area contributed by atoms with Crippen molar-refractivity contribution in [3.63, 3.8) is 0 Å². The van der Waals surface area contributed by atoms with Gasteiger partial charge in [-0.1, -0.05) is 17.7 Å². The third kappa shape index (κ3) is 3.13. The van der Waals surface area contributed by atoms with E-state index >= 15 is 0 Å². The van der Waals surface area contributed by atoms with Gasteiger partial charge in [0.15, 0.2) is 5.79 Å². The lowest BCUT2D eigenvalue weighted by molar-refractivity contribution is -0.224. The van der Waals surface area contributed by atoms with Crippen LogP contribution in [0.3, 0.4) is 0 Å². The minimum absolute atomic E-state index is 0.385. The molecule has 21 heavy (non-hydrogen) atoms. The SMILES string of the molecule is COC1(OC)CCN(S(=O)(=O)c2ccc(C)cc2C)CC1. The highest BCUT2D eigenvalue weighted by Crippen LogP contribution is 2.30. The number of aryl methyl sites for hydroxylation is 2. The fraction of sp³-hybridized carbons (Fsp3) is 0.600. The van der Waals surface area contributed by atoms with Crippen molar-refractivity contribution >= 4 is 10.0 Å². The van der Waals surface area contributed by atoms with E-state index in [-0.39, 0.29) is 0 Å². The van der Waals surface area contributed by atoms with Gasteiger partial charge in [0.1, 0.15) is 0 Å². The summed E-state index contributed by atoms with van der Waals surface area (Å²) in [4.78, 5) is 0.385. The Balaban J connectivity index is 2.22. The Morgan fingerprint density at radius 1 is 1.10 bits per heavy atom. The Labute approximate surface area is 126 Å². The summed E-state index contributed by atoms with van der Waals surface area (Å²) in [6.07, 6.45) is 1.06. The topological polar surface area (TPSA) is 55.8 Å². The zero-order valence-corrected chi connectivity index (χ0v) is 13.9. The number of hydrogen-bond acceptors (Lipinski definition) is 4. The molecule has 118 valence electrons. The van der Waals surface area contributed by atoms with Crippen LogP contribution >= 0.6 is 0 Å². The molecule has 6 heteroatoms. The van der Waals surface area contributed by atoms with Gasteiger partial charge in [0.2, 0.25) is 10.0 Å². The molecule has 1 aliphatic rings. The van der Waals surface area contributed by atoms with Crippen LogP contribution in [-0.4, -0.2) is 45.8 Å². The number of piperidine rings is 1. The van der Waals surface area contributed by atoms with Crippen LogP contribution in [0.25, 0.3) is 0 Å². The normalized spacial score (nSPS) is 19.6. The van der Waals surface area contributed by atoms with Gasteiger partial charge in [0.25, 0.3) is 0 Å². The van der Waals surface area contributed by atoms with E-state index in [0.29, 0.717) is 30.8 Å². The molecule has 1 saturated heterocycles. The summed E-state index contributed by atoms with van der Waals surface area (Å²) in [5, 5.41) is 0. The monoisotopic (exact) mass is 313 g/mol. The maximum Gasteiger partial charge on any atom is 0.243 e. The molecule has 0 amide bonds. The third-order valence-corrected chi connectivity index (χ3v) is 6.24. The van der Waals surface area contributed by atoms with Crippen LogP contribution in [0.2, 0.25) is 0 Å². The van der Waals surface area contributed by atoms with Gasteiger partial charge in [-0.05, 0) is 25.5 Å². The molecule has 0 atom stereocenters. The number of ether oxygens (including phenoxy) is 2. The summed E-state index contributed by atoms with van der Waals surface area (Å²) in [6, 6.07) is 5.42. The molecule has 0 spiro atoms. The second kappa shape index (κ2) is 6.04. The second-order valence-corrected chi connectivity index (χ2v) is 7.40. The molecule has 0 saturated carbocycles. The highest BCUT2D eigenvalue weighted by atomic mass is 32.2. The summed E-state index contributed by atoms with van der Waals surface area (Å²) >= 11 is 0. The lowest BCUT2D eigenvalue weighted by atomic mass is 10.1. The van der Waals surface area contributed by atoms with Crippen molar-refractivity contribution in [2.24, 2.45) is 0 Å². The van der Waals surface area contributed by atoms with Gasteiger partial charge in [-0.3, -0.25) is 0 Å². The predicted molar refractivity (Wildman–Crippen MR) is 80.7 cm³/mol. The van der Waals surface area contributed by atoms with Crippen LogP contribution < -0.4 is 0 Å². The molecular formula is C15H23NO4S. The molecule has 1 fully saturated rings. The second-order valence-electron chi connectivity index (χ2n) is 5.49. The maximum absolute atomic E-state index is 12.8. The van der Waals surface area contributed by atoms with Crippen molar-refractivity contribution in [3.05, 3.63) is 29.3 Å². The van der Waals surface area contributed by atoms with Crippen LogP contribution in [0, 0.1) is 13.8 Å². The van der Waals surface area contributed by atoms with Crippen molar-refractivity contribution in [1.82, 2.24) is 4.31 Å². The van der Waals surface area contributed by atoms with Gasteiger partial charge in [-0.15, -0.1) is 0 Å². The van der Waals surface area contributed by atoms with Crippen LogP contribution in [0.4, 0.5) is 0 Å². The smallest absolute Gasteiger partial charge is 0.243 e. The van der Waals surface area contributed by atoms with Gasteiger partial charge in [-0.2, -0.15) is 4.31 Å². The average Bonchev–Trinajstić information content (AvgIpc) is 2.47. The lowest BCUT2D eigenvalue weighted by Crippen LogP contribution is -2.48. The van der Waals surface area contributed by atoms with Crippen LogP contribution in [0.15, 0.2) is 23.1 Å². The van der Waals surface area contributed by atoms with Gasteiger partial charge in [0.05, 0.1) is 4.90 Å². The molecule has 0 unspecified atom stereocenters. The minimum atomic E-state index is -3.45. The molecule has 0 aliphatic carbocycles. The van der Waals surface area contributed by atoms with Gasteiger partial charge in [0, 0.05) is 40.2 Å². The number of rotatable bonds is 4. The predicted octanol–water partition coefficient (Wildman–Crippen LogP) is 2.08. The highest BCUT2D eigenvalue weighted by molar-refractivity contribution is 7.89. The van der Waals surface area contributed by atoms with E-state index in [9.17, 15) is 8.42 Å². The molecule has 1 aromatic rings. The van der Waals surface area contributed by atoms with Gasteiger partial charge in [-0.25, -0.2) is 8.42 Å². The number of benzene rings is 1. The highest BCUT2D eigenvalue weighted by Gasteiger charge is 2.39. The first-order valence-corrected chi connectivity index (χ1v) is 8.46. The summed E-state index contributed by atoms with van der Waals surface area (Å²) in [5.74, 6) is -0.658. The maximum atomic E-state index is 12.8. The molecule has 0 aromatic heterocycles. The first-order valence-electron chi connectivity index (χ1n) is 7.02. The van der Waals surface area contributed by atoms with Crippen molar-refractivity contribution in [3.8, 4) is 0 Å². The van der Waals surface area contributed by atoms with Crippen LogP contribution in [-0.2, 0) is 19.5 Å².